The van der Waals surface area contributed by atoms with Gasteiger partial charge in [0.15, 0.2) is 0 Å². The zero-order valence-corrected chi connectivity index (χ0v) is 9.82. The van der Waals surface area contributed by atoms with Crippen LogP contribution in [0.25, 0.3) is 0 Å². The summed E-state index contributed by atoms with van der Waals surface area (Å²) in [5.74, 6) is 0.353. The van der Waals surface area contributed by atoms with E-state index in [9.17, 15) is 4.79 Å². The number of carbonyl (C=O) groups excluding carboxylic acids is 1. The number of amides is 1. The number of carbonyl (C=O) groups is 1. The van der Waals surface area contributed by atoms with Gasteiger partial charge >= 0.3 is 0 Å². The molecule has 0 aromatic rings. The van der Waals surface area contributed by atoms with Crippen LogP contribution in [0.3, 0.4) is 0 Å². The van der Waals surface area contributed by atoms with Gasteiger partial charge in [0.25, 0.3) is 0 Å². The van der Waals surface area contributed by atoms with E-state index in [4.69, 9.17) is 4.74 Å². The Kier molecular flexibility index (Phi) is 3.96. The lowest BCUT2D eigenvalue weighted by atomic mass is 9.96. The van der Waals surface area contributed by atoms with Crippen LogP contribution in [-0.4, -0.2) is 49.7 Å². The maximum Gasteiger partial charge on any atom is 0.227 e. The Hall–Kier alpha value is -0.870. The van der Waals surface area contributed by atoms with E-state index in [2.05, 4.69) is 24.4 Å². The predicted octanol–water partition coefficient (Wildman–Crippen LogP) is 0.399. The van der Waals surface area contributed by atoms with Crippen molar-refractivity contribution in [3.63, 3.8) is 0 Å². The molecule has 1 fully saturated rings. The highest BCUT2D eigenvalue weighted by Gasteiger charge is 2.29. The third-order valence-electron chi connectivity index (χ3n) is 3.36. The van der Waals surface area contributed by atoms with Crippen LogP contribution in [0.4, 0.5) is 0 Å². The second-order valence-electron chi connectivity index (χ2n) is 4.45. The first kappa shape index (κ1) is 11.6. The molecule has 4 nitrogen and oxygen atoms in total. The molecule has 0 aromatic carbocycles. The first-order valence-electron chi connectivity index (χ1n) is 6.04. The van der Waals surface area contributed by atoms with Crippen LogP contribution >= 0.6 is 0 Å². The minimum atomic E-state index is 0.0804. The summed E-state index contributed by atoms with van der Waals surface area (Å²) in [6, 6.07) is 0.255. The topological polar surface area (TPSA) is 41.6 Å². The molecule has 2 heterocycles. The van der Waals surface area contributed by atoms with Crippen LogP contribution < -0.4 is 5.32 Å². The van der Waals surface area contributed by atoms with Crippen molar-refractivity contribution >= 4 is 5.91 Å². The van der Waals surface area contributed by atoms with Crippen LogP contribution in [0.5, 0.6) is 0 Å². The van der Waals surface area contributed by atoms with Gasteiger partial charge in [0, 0.05) is 25.7 Å². The van der Waals surface area contributed by atoms with E-state index in [1.165, 1.54) is 0 Å². The highest BCUT2D eigenvalue weighted by atomic mass is 16.5. The molecule has 1 saturated heterocycles. The fraction of sp³-hybridized carbons (Fsp3) is 0.750. The number of allylic oxidation sites excluding steroid dienone is 1. The zero-order valence-electron chi connectivity index (χ0n) is 9.82. The Balaban J connectivity index is 1.98. The summed E-state index contributed by atoms with van der Waals surface area (Å²) in [4.78, 5) is 14.2. The molecule has 0 spiro atoms. The van der Waals surface area contributed by atoms with Crippen molar-refractivity contribution in [3.05, 3.63) is 12.2 Å². The third-order valence-corrected chi connectivity index (χ3v) is 3.36. The largest absolute Gasteiger partial charge is 0.378 e. The lowest BCUT2D eigenvalue weighted by molar-refractivity contribution is -0.140. The van der Waals surface area contributed by atoms with Gasteiger partial charge in [-0.05, 0) is 13.3 Å². The minimum absolute atomic E-state index is 0.0804. The zero-order chi connectivity index (χ0) is 11.4. The number of hydrogen-bond acceptors (Lipinski definition) is 3. The summed E-state index contributed by atoms with van der Waals surface area (Å²) in [7, 11) is 0. The average Bonchev–Trinajstić information content (AvgIpc) is 2.54. The molecule has 2 rings (SSSR count). The fourth-order valence-corrected chi connectivity index (χ4v) is 2.26. The fourth-order valence-electron chi connectivity index (χ4n) is 2.26. The van der Waals surface area contributed by atoms with E-state index in [1.54, 1.807) is 0 Å². The first-order valence-corrected chi connectivity index (χ1v) is 6.04. The van der Waals surface area contributed by atoms with E-state index < -0.39 is 0 Å². The number of hydrogen-bond donors (Lipinski definition) is 1. The van der Waals surface area contributed by atoms with Gasteiger partial charge in [-0.15, -0.1) is 0 Å². The summed E-state index contributed by atoms with van der Waals surface area (Å²) in [5, 5.41) is 3.35. The molecule has 0 unspecified atom stereocenters. The average molecular weight is 224 g/mol. The van der Waals surface area contributed by atoms with E-state index >= 15 is 0 Å². The van der Waals surface area contributed by atoms with Crippen molar-refractivity contribution in [1.29, 1.82) is 0 Å². The standard InChI is InChI=1S/C12H20N2O2/c1-10-11(4-2-3-5-13-10)12(15)14-6-8-16-9-7-14/h2-3,10-11,13H,4-9H2,1H3/t10-,11-/m1/s1. The molecule has 0 bridgehead atoms. The summed E-state index contributed by atoms with van der Waals surface area (Å²) >= 11 is 0. The Bertz CT molecular complexity index is 272. The van der Waals surface area contributed by atoms with Crippen LogP contribution in [0.15, 0.2) is 12.2 Å². The van der Waals surface area contributed by atoms with Gasteiger partial charge in [0.2, 0.25) is 5.91 Å². The molecule has 2 atom stereocenters. The summed E-state index contributed by atoms with van der Waals surface area (Å²) in [6.07, 6.45) is 5.06. The Labute approximate surface area is 96.6 Å². The molecular formula is C12H20N2O2. The maximum absolute atomic E-state index is 12.3. The molecule has 90 valence electrons. The highest BCUT2D eigenvalue weighted by Crippen LogP contribution is 2.16. The molecule has 1 N–H and O–H groups in total. The summed E-state index contributed by atoms with van der Waals surface area (Å²) in [6.45, 7) is 5.80. The van der Waals surface area contributed by atoms with Crippen molar-refractivity contribution in [1.82, 2.24) is 10.2 Å². The normalized spacial score (nSPS) is 31.2. The van der Waals surface area contributed by atoms with Gasteiger partial charge in [-0.25, -0.2) is 0 Å². The molecule has 0 saturated carbocycles. The molecular weight excluding hydrogens is 204 g/mol. The Morgan fingerprint density at radius 2 is 2.12 bits per heavy atom. The van der Waals surface area contributed by atoms with Crippen molar-refractivity contribution < 1.29 is 9.53 Å². The molecule has 1 amide bonds. The van der Waals surface area contributed by atoms with Crippen molar-refractivity contribution in [2.75, 3.05) is 32.8 Å². The Morgan fingerprint density at radius 1 is 1.38 bits per heavy atom. The van der Waals surface area contributed by atoms with Crippen molar-refractivity contribution in [2.24, 2.45) is 5.92 Å². The molecule has 0 radical (unpaired) electrons. The van der Waals surface area contributed by atoms with Crippen molar-refractivity contribution in [2.45, 2.75) is 19.4 Å². The van der Waals surface area contributed by atoms with Crippen LogP contribution in [0, 0.1) is 5.92 Å². The van der Waals surface area contributed by atoms with Crippen molar-refractivity contribution in [3.8, 4) is 0 Å². The van der Waals surface area contributed by atoms with Crippen LogP contribution in [0.2, 0.25) is 0 Å². The predicted molar refractivity (Wildman–Crippen MR) is 62.1 cm³/mol. The highest BCUT2D eigenvalue weighted by molar-refractivity contribution is 5.80. The van der Waals surface area contributed by atoms with Gasteiger partial charge in [-0.2, -0.15) is 0 Å². The molecule has 2 aliphatic rings. The SMILES string of the molecule is C[C@H]1NCC=CC[C@H]1C(=O)N1CCOCC1. The van der Waals surface area contributed by atoms with E-state index in [0.29, 0.717) is 13.2 Å². The number of nitrogens with zero attached hydrogens (tertiary/aromatic N) is 1. The van der Waals surface area contributed by atoms with E-state index in [0.717, 1.165) is 26.1 Å². The lowest BCUT2D eigenvalue weighted by Crippen LogP contribution is -2.48. The van der Waals surface area contributed by atoms with Gasteiger partial charge < -0.3 is 15.0 Å². The quantitative estimate of drug-likeness (QED) is 0.656. The summed E-state index contributed by atoms with van der Waals surface area (Å²) < 4.78 is 5.27. The molecule has 0 aromatic heterocycles. The second-order valence-corrected chi connectivity index (χ2v) is 4.45. The van der Waals surface area contributed by atoms with Crippen LogP contribution in [0.1, 0.15) is 13.3 Å². The summed E-state index contributed by atoms with van der Waals surface area (Å²) in [5.41, 5.74) is 0. The number of nitrogens with one attached hydrogen (secondary N) is 1. The first-order chi connectivity index (χ1) is 7.79. The van der Waals surface area contributed by atoms with E-state index in [1.807, 2.05) is 4.90 Å². The molecule has 4 heteroatoms. The number of ether oxygens (including phenoxy) is 1. The van der Waals surface area contributed by atoms with Crippen LogP contribution in [-0.2, 0) is 9.53 Å². The van der Waals surface area contributed by atoms with Gasteiger partial charge in [0.05, 0.1) is 19.1 Å². The smallest absolute Gasteiger partial charge is 0.227 e. The number of morpholine rings is 1. The molecule has 16 heavy (non-hydrogen) atoms. The monoisotopic (exact) mass is 224 g/mol. The lowest BCUT2D eigenvalue weighted by Gasteiger charge is -2.32. The minimum Gasteiger partial charge on any atom is -0.378 e. The van der Waals surface area contributed by atoms with E-state index in [-0.39, 0.29) is 17.9 Å². The van der Waals surface area contributed by atoms with Gasteiger partial charge in [0.1, 0.15) is 0 Å². The third kappa shape index (κ3) is 2.62. The van der Waals surface area contributed by atoms with Gasteiger partial charge in [-0.1, -0.05) is 12.2 Å². The number of rotatable bonds is 1. The Morgan fingerprint density at radius 3 is 2.88 bits per heavy atom. The maximum atomic E-state index is 12.3. The molecule has 2 aliphatic heterocycles. The second kappa shape index (κ2) is 5.46. The van der Waals surface area contributed by atoms with Gasteiger partial charge in [-0.3, -0.25) is 4.79 Å². The molecule has 0 aliphatic carbocycles.